The quantitative estimate of drug-likeness (QED) is 0.367. The number of aromatic nitrogens is 2. The molecule has 2 aliphatic carbocycles. The number of nitrogens with one attached hydrogen (secondary N) is 1. The highest BCUT2D eigenvalue weighted by Gasteiger charge is 2.51. The standard InChI is InChI=1S/C33H48ClF3N4O4S/c1-18-13-24(30-29(38-18)26(17-46-30)32(43)44)23-14-21(34)3-6-28(23)45-12-11-41-19(2)39-27-5-4-22(15-25(27)31(41)42)40-9-7-20(8-10-40)16-33(35,36)37/h18,20-24,26,28-30,38H,3-17H2,1-2H3,(H,43,44)/t18?,21?,22-,23?,24?,26?,28?,29?,30?/m0/s1. The van der Waals surface area contributed by atoms with Crippen LogP contribution in [0.5, 0.6) is 0 Å². The summed E-state index contributed by atoms with van der Waals surface area (Å²) in [5, 5.41) is 13.7. The van der Waals surface area contributed by atoms with Crippen LogP contribution in [0.15, 0.2) is 4.79 Å². The van der Waals surface area contributed by atoms with E-state index < -0.39 is 18.6 Å². The van der Waals surface area contributed by atoms with Crippen molar-refractivity contribution in [1.82, 2.24) is 19.8 Å². The molecule has 2 N–H and O–H groups in total. The minimum atomic E-state index is -4.12. The molecule has 9 atom stereocenters. The molecule has 1 aromatic heterocycles. The van der Waals surface area contributed by atoms with E-state index in [0.29, 0.717) is 69.4 Å². The summed E-state index contributed by atoms with van der Waals surface area (Å²) in [6.07, 6.45) is 1.94. The van der Waals surface area contributed by atoms with Gasteiger partial charge in [-0.2, -0.15) is 24.9 Å². The van der Waals surface area contributed by atoms with Crippen molar-refractivity contribution in [2.24, 2.45) is 23.7 Å². The number of ether oxygens (including phenoxy) is 1. The molecule has 1 aromatic rings. The van der Waals surface area contributed by atoms with Crippen LogP contribution in [0.4, 0.5) is 13.2 Å². The first-order chi connectivity index (χ1) is 21.9. The molecule has 8 unspecified atom stereocenters. The molecule has 0 radical (unpaired) electrons. The molecule has 0 bridgehead atoms. The Morgan fingerprint density at radius 3 is 2.63 bits per heavy atom. The van der Waals surface area contributed by atoms with Gasteiger partial charge in [0.2, 0.25) is 0 Å². The smallest absolute Gasteiger partial charge is 0.389 e. The van der Waals surface area contributed by atoms with Gasteiger partial charge >= 0.3 is 12.1 Å². The zero-order chi connectivity index (χ0) is 32.7. The van der Waals surface area contributed by atoms with Gasteiger partial charge in [0.25, 0.3) is 5.56 Å². The number of fused-ring (bicyclic) bond motifs is 2. The molecule has 46 heavy (non-hydrogen) atoms. The lowest BCUT2D eigenvalue weighted by Crippen LogP contribution is -2.57. The van der Waals surface area contributed by atoms with Crippen molar-refractivity contribution in [2.75, 3.05) is 25.4 Å². The molecule has 3 saturated heterocycles. The fourth-order valence-corrected chi connectivity index (χ4v) is 11.3. The molecule has 6 rings (SSSR count). The van der Waals surface area contributed by atoms with Gasteiger partial charge in [-0.25, -0.2) is 4.98 Å². The maximum Gasteiger partial charge on any atom is 0.389 e. The molecule has 4 fully saturated rings. The van der Waals surface area contributed by atoms with E-state index in [0.717, 1.165) is 43.4 Å². The maximum atomic E-state index is 13.8. The molecule has 13 heteroatoms. The average molecular weight is 689 g/mol. The molecule has 1 saturated carbocycles. The van der Waals surface area contributed by atoms with Gasteiger partial charge in [0.05, 0.1) is 30.9 Å². The highest BCUT2D eigenvalue weighted by molar-refractivity contribution is 8.00. The third-order valence-electron chi connectivity index (χ3n) is 11.4. The Kier molecular flexibility index (Phi) is 10.7. The third-order valence-corrected chi connectivity index (χ3v) is 13.4. The molecular weight excluding hydrogens is 641 g/mol. The predicted octanol–water partition coefficient (Wildman–Crippen LogP) is 5.05. The number of halogens is 4. The normalized spacial score (nSPS) is 35.9. The average Bonchev–Trinajstić information content (AvgIpc) is 3.43. The van der Waals surface area contributed by atoms with E-state index in [9.17, 15) is 27.9 Å². The Bertz CT molecular complexity index is 1310. The highest BCUT2D eigenvalue weighted by atomic mass is 35.5. The fraction of sp³-hybridized carbons (Fsp3) is 0.848. The summed E-state index contributed by atoms with van der Waals surface area (Å²) in [5.41, 5.74) is 1.56. The van der Waals surface area contributed by atoms with E-state index in [4.69, 9.17) is 21.3 Å². The number of aliphatic carboxylic acids is 1. The van der Waals surface area contributed by atoms with Gasteiger partial charge in [0.1, 0.15) is 5.82 Å². The summed E-state index contributed by atoms with van der Waals surface area (Å²) in [4.78, 5) is 32.9. The van der Waals surface area contributed by atoms with Crippen LogP contribution in [0, 0.1) is 30.6 Å². The number of likely N-dealkylation sites (tertiary alicyclic amines) is 1. The van der Waals surface area contributed by atoms with Crippen molar-refractivity contribution in [1.29, 1.82) is 0 Å². The number of thioether (sulfide) groups is 1. The monoisotopic (exact) mass is 688 g/mol. The van der Waals surface area contributed by atoms with E-state index in [1.165, 1.54) is 0 Å². The third kappa shape index (κ3) is 7.61. The van der Waals surface area contributed by atoms with Crippen LogP contribution in [0.2, 0.25) is 0 Å². The van der Waals surface area contributed by atoms with Gasteiger partial charge < -0.3 is 20.1 Å². The molecule has 8 nitrogen and oxygen atoms in total. The van der Waals surface area contributed by atoms with Crippen molar-refractivity contribution in [3.63, 3.8) is 0 Å². The number of nitrogens with zero attached hydrogens (tertiary/aromatic N) is 3. The number of aryl methyl sites for hydroxylation is 2. The van der Waals surface area contributed by atoms with Crippen molar-refractivity contribution in [2.45, 2.75) is 126 Å². The summed E-state index contributed by atoms with van der Waals surface area (Å²) in [6.45, 7) is 6.07. The number of alkyl halides is 4. The predicted molar refractivity (Wildman–Crippen MR) is 173 cm³/mol. The van der Waals surface area contributed by atoms with Gasteiger partial charge in [0, 0.05) is 46.5 Å². The van der Waals surface area contributed by atoms with Crippen LogP contribution in [0.1, 0.15) is 75.4 Å². The lowest BCUT2D eigenvalue weighted by atomic mass is 9.70. The van der Waals surface area contributed by atoms with Gasteiger partial charge in [-0.1, -0.05) is 0 Å². The van der Waals surface area contributed by atoms with E-state index in [1.807, 2.05) is 6.92 Å². The van der Waals surface area contributed by atoms with Crippen LogP contribution in [-0.2, 0) is 28.9 Å². The number of carboxylic acids is 1. The lowest BCUT2D eigenvalue weighted by Gasteiger charge is -2.47. The van der Waals surface area contributed by atoms with Crippen LogP contribution in [0.25, 0.3) is 0 Å². The zero-order valence-electron chi connectivity index (χ0n) is 26.8. The maximum absolute atomic E-state index is 13.8. The molecule has 0 amide bonds. The first kappa shape index (κ1) is 34.5. The van der Waals surface area contributed by atoms with Crippen molar-refractivity contribution >= 4 is 29.3 Å². The molecule has 3 aliphatic heterocycles. The minimum Gasteiger partial charge on any atom is -0.481 e. The Morgan fingerprint density at radius 1 is 1.15 bits per heavy atom. The molecule has 4 heterocycles. The Balaban J connectivity index is 1.09. The van der Waals surface area contributed by atoms with E-state index >= 15 is 0 Å². The Labute approximate surface area is 278 Å². The summed E-state index contributed by atoms with van der Waals surface area (Å²) in [7, 11) is 0. The molecule has 258 valence electrons. The van der Waals surface area contributed by atoms with Gasteiger partial charge in [-0.3, -0.25) is 14.2 Å². The summed E-state index contributed by atoms with van der Waals surface area (Å²) in [5.74, 6) is 0.406. The number of carboxylic acid groups (broad SMARTS) is 1. The number of carbonyl (C=O) groups is 1. The van der Waals surface area contributed by atoms with E-state index in [2.05, 4.69) is 17.1 Å². The van der Waals surface area contributed by atoms with E-state index in [-0.39, 0.29) is 58.2 Å². The Morgan fingerprint density at radius 2 is 1.91 bits per heavy atom. The summed E-state index contributed by atoms with van der Waals surface area (Å²) in [6, 6.07) is 0.324. The SMILES string of the molecule is Cc1nc2c(c(=O)n1CCOC1CCC(Cl)CC1C1CC(C)NC3C(C(=O)O)CSC13)C[C@@H](N1CCC(CC(F)(F)F)CC1)CC2. The van der Waals surface area contributed by atoms with Crippen LogP contribution >= 0.6 is 23.4 Å². The lowest BCUT2D eigenvalue weighted by molar-refractivity contribution is -0.148. The highest BCUT2D eigenvalue weighted by Crippen LogP contribution is 2.48. The van der Waals surface area contributed by atoms with Crippen molar-refractivity contribution in [3.05, 3.63) is 27.4 Å². The first-order valence-electron chi connectivity index (χ1n) is 17.1. The van der Waals surface area contributed by atoms with E-state index in [1.54, 1.807) is 16.3 Å². The summed E-state index contributed by atoms with van der Waals surface area (Å²) < 4.78 is 47.0. The molecule has 5 aliphatic rings. The molecule has 0 aromatic carbocycles. The minimum absolute atomic E-state index is 0.00155. The first-order valence-corrected chi connectivity index (χ1v) is 18.6. The Hall–Kier alpha value is -1.34. The second kappa shape index (κ2) is 14.3. The number of rotatable bonds is 8. The number of hydrogen-bond acceptors (Lipinski definition) is 7. The summed E-state index contributed by atoms with van der Waals surface area (Å²) >= 11 is 8.49. The fourth-order valence-electron chi connectivity index (χ4n) is 9.15. The second-order valence-corrected chi connectivity index (χ2v) is 16.3. The van der Waals surface area contributed by atoms with Crippen LogP contribution in [-0.4, -0.2) is 92.0 Å². The van der Waals surface area contributed by atoms with Crippen LogP contribution < -0.4 is 10.9 Å². The van der Waals surface area contributed by atoms with Gasteiger partial charge in [-0.15, -0.1) is 11.6 Å². The molecule has 0 spiro atoms. The second-order valence-electron chi connectivity index (χ2n) is 14.5. The zero-order valence-corrected chi connectivity index (χ0v) is 28.4. The largest absolute Gasteiger partial charge is 0.481 e. The topological polar surface area (TPSA) is 96.7 Å². The van der Waals surface area contributed by atoms with Crippen molar-refractivity contribution in [3.8, 4) is 0 Å². The number of piperidine rings is 2. The van der Waals surface area contributed by atoms with Crippen molar-refractivity contribution < 1.29 is 27.8 Å². The van der Waals surface area contributed by atoms with Gasteiger partial charge in [0.15, 0.2) is 0 Å². The van der Waals surface area contributed by atoms with Crippen LogP contribution in [0.3, 0.4) is 0 Å². The number of hydrogen-bond donors (Lipinski definition) is 2. The molecular formula is C33H48ClF3N4O4S. The van der Waals surface area contributed by atoms with Gasteiger partial charge in [-0.05, 0) is 102 Å².